The van der Waals surface area contributed by atoms with Crippen molar-refractivity contribution in [2.75, 3.05) is 18.4 Å². The highest BCUT2D eigenvalue weighted by atomic mass is 16.2. The quantitative estimate of drug-likeness (QED) is 0.314. The molecular weight excluding hydrogens is 402 g/mol. The Labute approximate surface area is 190 Å². The molecule has 0 spiro atoms. The third-order valence-corrected chi connectivity index (χ3v) is 5.02. The zero-order valence-corrected chi connectivity index (χ0v) is 19.9. The van der Waals surface area contributed by atoms with Crippen LogP contribution < -0.4 is 22.1 Å². The van der Waals surface area contributed by atoms with Gasteiger partial charge >= 0.3 is 0 Å². The van der Waals surface area contributed by atoms with Gasteiger partial charge in [-0.05, 0) is 58.4 Å². The first-order chi connectivity index (χ1) is 14.8. The van der Waals surface area contributed by atoms with Gasteiger partial charge in [0.1, 0.15) is 0 Å². The number of nitrogens with two attached hydrogens (primary N) is 2. The topological polar surface area (TPSA) is 123 Å². The molecule has 0 heterocycles. The number of nitrogens with one attached hydrogen (secondary N) is 2. The fourth-order valence-corrected chi connectivity index (χ4v) is 3.00. The first-order valence-electron chi connectivity index (χ1n) is 10.7. The molecule has 0 atom stereocenters. The number of nitrogens with zero attached hydrogens (tertiary/aromatic N) is 1. The van der Waals surface area contributed by atoms with Crippen LogP contribution in [0.1, 0.15) is 73.4 Å². The Morgan fingerprint density at radius 3 is 1.72 bits per heavy atom. The Balaban J connectivity index is 2.14. The number of benzene rings is 2. The lowest BCUT2D eigenvalue weighted by molar-refractivity contribution is 0.0953. The maximum absolute atomic E-state index is 12.8. The third kappa shape index (κ3) is 7.11. The SMILES string of the molecule is CC(C)(C)c1cc(NC(=O)c2ccc(C(=O)NCCN=C(N)N)cc2)cc(C(C)(C)C)c1. The van der Waals surface area contributed by atoms with Crippen LogP contribution in [0.3, 0.4) is 0 Å². The number of amides is 2. The molecular formula is C25H35N5O2. The van der Waals surface area contributed by atoms with Crippen LogP contribution in [0.5, 0.6) is 0 Å². The second-order valence-corrected chi connectivity index (χ2v) is 9.89. The Morgan fingerprint density at radius 1 is 0.812 bits per heavy atom. The van der Waals surface area contributed by atoms with E-state index in [1.807, 2.05) is 12.1 Å². The molecule has 2 rings (SSSR count). The minimum absolute atomic E-state index is 0.0164. The molecule has 0 aliphatic heterocycles. The van der Waals surface area contributed by atoms with Gasteiger partial charge in [-0.15, -0.1) is 0 Å². The molecule has 0 fully saturated rings. The summed E-state index contributed by atoms with van der Waals surface area (Å²) in [6.07, 6.45) is 0. The highest BCUT2D eigenvalue weighted by Crippen LogP contribution is 2.32. The van der Waals surface area contributed by atoms with E-state index in [0.29, 0.717) is 24.2 Å². The van der Waals surface area contributed by atoms with E-state index in [0.717, 1.165) is 16.8 Å². The van der Waals surface area contributed by atoms with Crippen LogP contribution in [0.4, 0.5) is 5.69 Å². The Hall–Kier alpha value is -3.35. The van der Waals surface area contributed by atoms with Crippen molar-refractivity contribution < 1.29 is 9.59 Å². The molecule has 0 aliphatic rings. The fraction of sp³-hybridized carbons (Fsp3) is 0.400. The zero-order chi connectivity index (χ0) is 24.1. The van der Waals surface area contributed by atoms with E-state index in [9.17, 15) is 9.59 Å². The predicted octanol–water partition coefficient (Wildman–Crippen LogP) is 3.54. The first-order valence-corrected chi connectivity index (χ1v) is 10.7. The Kier molecular flexibility index (Phi) is 7.67. The normalized spacial score (nSPS) is 11.6. The van der Waals surface area contributed by atoms with Gasteiger partial charge in [-0.25, -0.2) is 0 Å². The van der Waals surface area contributed by atoms with E-state index < -0.39 is 0 Å². The van der Waals surface area contributed by atoms with Gasteiger partial charge in [0, 0.05) is 23.4 Å². The molecule has 7 nitrogen and oxygen atoms in total. The van der Waals surface area contributed by atoms with Crippen molar-refractivity contribution in [2.45, 2.75) is 52.4 Å². The van der Waals surface area contributed by atoms with E-state index in [1.54, 1.807) is 24.3 Å². The molecule has 0 saturated carbocycles. The average molecular weight is 438 g/mol. The highest BCUT2D eigenvalue weighted by molar-refractivity contribution is 6.05. The van der Waals surface area contributed by atoms with Crippen molar-refractivity contribution in [1.29, 1.82) is 0 Å². The Morgan fingerprint density at radius 2 is 1.28 bits per heavy atom. The summed E-state index contributed by atoms with van der Waals surface area (Å²) in [4.78, 5) is 28.9. The lowest BCUT2D eigenvalue weighted by atomic mass is 9.80. The summed E-state index contributed by atoms with van der Waals surface area (Å²) in [6, 6.07) is 12.8. The van der Waals surface area contributed by atoms with Gasteiger partial charge in [-0.1, -0.05) is 47.6 Å². The van der Waals surface area contributed by atoms with Gasteiger partial charge < -0.3 is 22.1 Å². The number of hydrogen-bond acceptors (Lipinski definition) is 3. The molecule has 2 amide bonds. The summed E-state index contributed by atoms with van der Waals surface area (Å²) < 4.78 is 0. The first kappa shape index (κ1) is 24.9. The number of carbonyl (C=O) groups is 2. The van der Waals surface area contributed by atoms with Crippen molar-refractivity contribution in [2.24, 2.45) is 16.5 Å². The second kappa shape index (κ2) is 9.85. The summed E-state index contributed by atoms with van der Waals surface area (Å²) >= 11 is 0. The van der Waals surface area contributed by atoms with Gasteiger partial charge in [-0.3, -0.25) is 14.6 Å². The van der Waals surface area contributed by atoms with Crippen molar-refractivity contribution in [3.05, 3.63) is 64.7 Å². The molecule has 172 valence electrons. The monoisotopic (exact) mass is 437 g/mol. The third-order valence-electron chi connectivity index (χ3n) is 5.02. The van der Waals surface area contributed by atoms with Crippen LogP contribution in [0.25, 0.3) is 0 Å². The van der Waals surface area contributed by atoms with Crippen molar-refractivity contribution in [3.8, 4) is 0 Å². The van der Waals surface area contributed by atoms with E-state index in [1.165, 1.54) is 0 Å². The lowest BCUT2D eigenvalue weighted by Gasteiger charge is -2.26. The maximum atomic E-state index is 12.8. The summed E-state index contributed by atoms with van der Waals surface area (Å²) in [5.41, 5.74) is 14.4. The number of hydrogen-bond donors (Lipinski definition) is 4. The van der Waals surface area contributed by atoms with Crippen LogP contribution >= 0.6 is 0 Å². The number of guanidine groups is 1. The zero-order valence-electron chi connectivity index (χ0n) is 19.9. The number of anilines is 1. The standard InChI is InChI=1S/C25H35N5O2/c1-24(2,3)18-13-19(25(4,5)6)15-20(14-18)30-22(32)17-9-7-16(8-10-17)21(31)28-11-12-29-23(26)27/h7-10,13-15H,11-12H2,1-6H3,(H,28,31)(H,30,32)(H4,26,27,29). The van der Waals surface area contributed by atoms with Crippen molar-refractivity contribution in [3.63, 3.8) is 0 Å². The molecule has 2 aromatic carbocycles. The summed E-state index contributed by atoms with van der Waals surface area (Å²) in [6.45, 7) is 13.5. The molecule has 0 saturated heterocycles. The number of rotatable bonds is 6. The molecule has 0 radical (unpaired) electrons. The Bertz CT molecular complexity index is 960. The number of aliphatic imine (C=N–C) groups is 1. The van der Waals surface area contributed by atoms with E-state index >= 15 is 0 Å². The molecule has 7 heteroatoms. The van der Waals surface area contributed by atoms with Gasteiger partial charge in [0.25, 0.3) is 11.8 Å². The van der Waals surface area contributed by atoms with E-state index in [2.05, 4.69) is 63.2 Å². The second-order valence-electron chi connectivity index (χ2n) is 9.89. The molecule has 0 bridgehead atoms. The van der Waals surface area contributed by atoms with Crippen LogP contribution in [0.2, 0.25) is 0 Å². The van der Waals surface area contributed by atoms with Gasteiger partial charge in [0.05, 0.1) is 6.54 Å². The molecule has 0 aromatic heterocycles. The summed E-state index contributed by atoms with van der Waals surface area (Å²) in [5.74, 6) is -0.497. The lowest BCUT2D eigenvalue weighted by Crippen LogP contribution is -2.28. The minimum Gasteiger partial charge on any atom is -0.370 e. The van der Waals surface area contributed by atoms with Gasteiger partial charge in [0.2, 0.25) is 0 Å². The molecule has 0 unspecified atom stereocenters. The van der Waals surface area contributed by atoms with E-state index in [4.69, 9.17) is 11.5 Å². The van der Waals surface area contributed by atoms with Crippen molar-refractivity contribution >= 4 is 23.5 Å². The largest absolute Gasteiger partial charge is 0.370 e. The maximum Gasteiger partial charge on any atom is 0.255 e. The molecule has 2 aromatic rings. The molecule has 32 heavy (non-hydrogen) atoms. The summed E-state index contributed by atoms with van der Waals surface area (Å²) in [7, 11) is 0. The summed E-state index contributed by atoms with van der Waals surface area (Å²) in [5, 5.41) is 5.73. The van der Waals surface area contributed by atoms with Crippen LogP contribution in [0.15, 0.2) is 47.5 Å². The molecule has 6 N–H and O–H groups in total. The van der Waals surface area contributed by atoms with Crippen LogP contribution in [0, 0.1) is 0 Å². The highest BCUT2D eigenvalue weighted by Gasteiger charge is 2.21. The smallest absolute Gasteiger partial charge is 0.255 e. The van der Waals surface area contributed by atoms with Gasteiger partial charge in [0.15, 0.2) is 5.96 Å². The average Bonchev–Trinajstić information content (AvgIpc) is 2.69. The van der Waals surface area contributed by atoms with Crippen molar-refractivity contribution in [1.82, 2.24) is 5.32 Å². The predicted molar refractivity (Wildman–Crippen MR) is 131 cm³/mol. The number of carbonyl (C=O) groups excluding carboxylic acids is 2. The minimum atomic E-state index is -0.254. The van der Waals surface area contributed by atoms with Crippen LogP contribution in [-0.4, -0.2) is 30.9 Å². The van der Waals surface area contributed by atoms with Gasteiger partial charge in [-0.2, -0.15) is 0 Å². The molecule has 0 aliphatic carbocycles. The van der Waals surface area contributed by atoms with E-state index in [-0.39, 0.29) is 28.6 Å². The van der Waals surface area contributed by atoms with Crippen LogP contribution in [-0.2, 0) is 10.8 Å². The fourth-order valence-electron chi connectivity index (χ4n) is 3.00.